The summed E-state index contributed by atoms with van der Waals surface area (Å²) < 4.78 is 7.63. The Hall–Kier alpha value is -2.01. The minimum absolute atomic E-state index is 0.0291. The van der Waals surface area contributed by atoms with Crippen molar-refractivity contribution in [2.45, 2.75) is 40.0 Å². The first-order valence-electron chi connectivity index (χ1n) is 7.38. The van der Waals surface area contributed by atoms with Crippen LogP contribution in [0.5, 0.6) is 5.75 Å². The number of aliphatic hydroxyl groups excluding tert-OH is 1. The molecule has 0 radical (unpaired) electrons. The van der Waals surface area contributed by atoms with Crippen LogP contribution in [0.2, 0.25) is 0 Å². The third kappa shape index (κ3) is 3.98. The Kier molecular flexibility index (Phi) is 5.63. The highest BCUT2D eigenvalue weighted by Gasteiger charge is 2.05. The van der Waals surface area contributed by atoms with E-state index < -0.39 is 0 Å². The second-order valence-corrected chi connectivity index (χ2v) is 4.85. The molecule has 5 nitrogen and oxygen atoms in total. The molecule has 2 aromatic rings. The van der Waals surface area contributed by atoms with Crippen LogP contribution < -0.4 is 10.1 Å². The summed E-state index contributed by atoms with van der Waals surface area (Å²) in [5.74, 6) is 0.738. The van der Waals surface area contributed by atoms with Gasteiger partial charge in [-0.3, -0.25) is 0 Å². The maximum absolute atomic E-state index is 9.41. The van der Waals surface area contributed by atoms with Gasteiger partial charge in [-0.15, -0.1) is 0 Å². The van der Waals surface area contributed by atoms with Gasteiger partial charge in [0.1, 0.15) is 5.75 Å². The fraction of sp³-hybridized carbons (Fsp3) is 0.438. The molecule has 1 aromatic heterocycles. The zero-order valence-electron chi connectivity index (χ0n) is 12.7. The fourth-order valence-electron chi connectivity index (χ4n) is 2.24. The van der Waals surface area contributed by atoms with Crippen LogP contribution in [0, 0.1) is 0 Å². The van der Waals surface area contributed by atoms with E-state index in [1.165, 1.54) is 0 Å². The Morgan fingerprint density at radius 1 is 1.33 bits per heavy atom. The number of anilines is 1. The minimum atomic E-state index is -0.0291. The van der Waals surface area contributed by atoms with E-state index in [4.69, 9.17) is 4.74 Å². The van der Waals surface area contributed by atoms with Crippen LogP contribution in [0.4, 0.5) is 5.69 Å². The van der Waals surface area contributed by atoms with E-state index in [1.807, 2.05) is 37.6 Å². The number of ether oxygens (including phenoxy) is 1. The number of rotatable bonds is 8. The van der Waals surface area contributed by atoms with Gasteiger partial charge in [0.15, 0.2) is 0 Å². The molecular formula is C16H23N3O2. The van der Waals surface area contributed by atoms with Crippen LogP contribution >= 0.6 is 0 Å². The Balaban J connectivity index is 2.04. The Morgan fingerprint density at radius 3 is 2.90 bits per heavy atom. The third-order valence-electron chi connectivity index (χ3n) is 3.27. The van der Waals surface area contributed by atoms with Crippen LogP contribution in [0.15, 0.2) is 30.7 Å². The molecule has 21 heavy (non-hydrogen) atoms. The maximum atomic E-state index is 9.41. The topological polar surface area (TPSA) is 59.3 Å². The lowest BCUT2D eigenvalue weighted by Gasteiger charge is -2.13. The van der Waals surface area contributed by atoms with Gasteiger partial charge in [-0.1, -0.05) is 6.92 Å². The first-order chi connectivity index (χ1) is 10.3. The molecule has 0 spiro atoms. The van der Waals surface area contributed by atoms with E-state index in [0.29, 0.717) is 13.2 Å². The summed E-state index contributed by atoms with van der Waals surface area (Å²) >= 11 is 0. The molecule has 2 N–H and O–H groups in total. The van der Waals surface area contributed by atoms with E-state index in [2.05, 4.69) is 21.8 Å². The van der Waals surface area contributed by atoms with Gasteiger partial charge >= 0.3 is 0 Å². The highest BCUT2D eigenvalue weighted by molar-refractivity contribution is 5.51. The summed E-state index contributed by atoms with van der Waals surface area (Å²) in [4.78, 5) is 4.19. The van der Waals surface area contributed by atoms with Crippen LogP contribution in [0.3, 0.4) is 0 Å². The minimum Gasteiger partial charge on any atom is -0.494 e. The molecule has 0 aliphatic carbocycles. The van der Waals surface area contributed by atoms with Crippen molar-refractivity contribution in [2.24, 2.45) is 0 Å². The zero-order valence-corrected chi connectivity index (χ0v) is 12.7. The van der Waals surface area contributed by atoms with Gasteiger partial charge in [0.2, 0.25) is 0 Å². The monoisotopic (exact) mass is 289 g/mol. The van der Waals surface area contributed by atoms with Crippen LogP contribution in [-0.4, -0.2) is 21.3 Å². The van der Waals surface area contributed by atoms with Crippen molar-refractivity contribution in [1.82, 2.24) is 9.55 Å². The Morgan fingerprint density at radius 2 is 2.19 bits per heavy atom. The molecule has 0 aliphatic rings. The van der Waals surface area contributed by atoms with Crippen molar-refractivity contribution in [1.29, 1.82) is 0 Å². The second-order valence-electron chi connectivity index (χ2n) is 4.85. The zero-order chi connectivity index (χ0) is 15.1. The lowest BCUT2D eigenvalue weighted by molar-refractivity contribution is 0.267. The van der Waals surface area contributed by atoms with E-state index in [0.717, 1.165) is 35.7 Å². The van der Waals surface area contributed by atoms with Gasteiger partial charge < -0.3 is 19.7 Å². The highest BCUT2D eigenvalue weighted by atomic mass is 16.5. The lowest BCUT2D eigenvalue weighted by Crippen LogP contribution is -2.07. The number of hydrogen-bond acceptors (Lipinski definition) is 4. The van der Waals surface area contributed by atoms with Crippen molar-refractivity contribution < 1.29 is 9.84 Å². The van der Waals surface area contributed by atoms with Gasteiger partial charge in [-0.2, -0.15) is 0 Å². The summed E-state index contributed by atoms with van der Waals surface area (Å²) in [6.45, 7) is 6.33. The van der Waals surface area contributed by atoms with Gasteiger partial charge in [-0.05, 0) is 31.5 Å². The molecule has 0 bridgehead atoms. The smallest absolute Gasteiger partial charge is 0.124 e. The SMILES string of the molecule is CCCn1cncc1CNc1ccc(OCC)c(CO)c1. The third-order valence-corrected chi connectivity index (χ3v) is 3.27. The molecule has 2 rings (SSSR count). The van der Waals surface area contributed by atoms with Crippen molar-refractivity contribution in [3.63, 3.8) is 0 Å². The number of aliphatic hydroxyl groups is 1. The first kappa shape index (κ1) is 15.4. The molecule has 114 valence electrons. The molecule has 1 aromatic carbocycles. The molecule has 0 aliphatic heterocycles. The molecule has 0 atom stereocenters. The summed E-state index contributed by atoms with van der Waals surface area (Å²) in [6.07, 6.45) is 4.82. The van der Waals surface area contributed by atoms with Crippen LogP contribution in [0.1, 0.15) is 31.5 Å². The average Bonchev–Trinajstić information content (AvgIpc) is 2.94. The van der Waals surface area contributed by atoms with Crippen molar-refractivity contribution in [2.75, 3.05) is 11.9 Å². The number of nitrogens with one attached hydrogen (secondary N) is 1. The Labute approximate surface area is 125 Å². The largest absolute Gasteiger partial charge is 0.494 e. The first-order valence-corrected chi connectivity index (χ1v) is 7.38. The van der Waals surface area contributed by atoms with Crippen LogP contribution in [0.25, 0.3) is 0 Å². The van der Waals surface area contributed by atoms with E-state index in [9.17, 15) is 5.11 Å². The number of nitrogens with zero attached hydrogens (tertiary/aromatic N) is 2. The molecule has 0 fully saturated rings. The van der Waals surface area contributed by atoms with Gasteiger partial charge in [-0.25, -0.2) is 4.98 Å². The number of benzene rings is 1. The quantitative estimate of drug-likeness (QED) is 0.784. The summed E-state index contributed by atoms with van der Waals surface area (Å²) in [7, 11) is 0. The number of imidazole rings is 1. The second kappa shape index (κ2) is 7.69. The number of aryl methyl sites for hydroxylation is 1. The summed E-state index contributed by atoms with van der Waals surface area (Å²) in [5, 5.41) is 12.8. The number of aromatic nitrogens is 2. The molecular weight excluding hydrogens is 266 g/mol. The average molecular weight is 289 g/mol. The predicted octanol–water partition coefficient (Wildman–Crippen LogP) is 2.80. The van der Waals surface area contributed by atoms with Crippen molar-refractivity contribution >= 4 is 5.69 Å². The fourth-order valence-corrected chi connectivity index (χ4v) is 2.24. The summed E-state index contributed by atoms with van der Waals surface area (Å²) in [6, 6.07) is 5.77. The molecule has 0 saturated heterocycles. The molecule has 5 heteroatoms. The van der Waals surface area contributed by atoms with E-state index in [-0.39, 0.29) is 6.61 Å². The van der Waals surface area contributed by atoms with Crippen LogP contribution in [-0.2, 0) is 19.7 Å². The van der Waals surface area contributed by atoms with Gasteiger partial charge in [0.05, 0.1) is 31.8 Å². The maximum Gasteiger partial charge on any atom is 0.124 e. The Bertz CT molecular complexity index is 566. The molecule has 0 amide bonds. The standard InChI is InChI=1S/C16H23N3O2/c1-3-7-19-12-17-9-15(19)10-18-14-5-6-16(21-4-2)13(8-14)11-20/h5-6,8-9,12,18,20H,3-4,7,10-11H2,1-2H3. The summed E-state index contributed by atoms with van der Waals surface area (Å²) in [5.41, 5.74) is 2.91. The molecule has 0 unspecified atom stereocenters. The lowest BCUT2D eigenvalue weighted by atomic mass is 10.2. The van der Waals surface area contributed by atoms with E-state index >= 15 is 0 Å². The molecule has 0 saturated carbocycles. The van der Waals surface area contributed by atoms with E-state index in [1.54, 1.807) is 0 Å². The highest BCUT2D eigenvalue weighted by Crippen LogP contribution is 2.23. The number of hydrogen-bond donors (Lipinski definition) is 2. The van der Waals surface area contributed by atoms with Gasteiger partial charge in [0.25, 0.3) is 0 Å². The van der Waals surface area contributed by atoms with Gasteiger partial charge in [0, 0.05) is 24.0 Å². The normalized spacial score (nSPS) is 10.6. The van der Waals surface area contributed by atoms with Crippen molar-refractivity contribution in [3.8, 4) is 5.75 Å². The predicted molar refractivity (Wildman–Crippen MR) is 83.4 cm³/mol. The molecule has 1 heterocycles. The van der Waals surface area contributed by atoms with Crippen molar-refractivity contribution in [3.05, 3.63) is 42.0 Å².